The number of carbonyl (C=O) groups is 1. The summed E-state index contributed by atoms with van der Waals surface area (Å²) >= 11 is 0. The van der Waals surface area contributed by atoms with E-state index in [1.807, 2.05) is 77.7 Å². The van der Waals surface area contributed by atoms with Gasteiger partial charge in [0.15, 0.2) is 23.0 Å². The number of nitrogens with one attached hydrogen (secondary N) is 1. The summed E-state index contributed by atoms with van der Waals surface area (Å²) in [5.41, 5.74) is 7.53. The Hall–Kier alpha value is -5.36. The molecule has 0 radical (unpaired) electrons. The molecule has 0 saturated carbocycles. The first-order chi connectivity index (χ1) is 26.2. The third-order valence-electron chi connectivity index (χ3n) is 10.4. The summed E-state index contributed by atoms with van der Waals surface area (Å²) in [6, 6.07) is 34.7. The molecule has 10 nitrogen and oxygen atoms in total. The lowest BCUT2D eigenvalue weighted by Crippen LogP contribution is -2.44. The fourth-order valence-corrected chi connectivity index (χ4v) is 8.80. The predicted octanol–water partition coefficient (Wildman–Crippen LogP) is 6.32. The van der Waals surface area contributed by atoms with Crippen LogP contribution in [0.5, 0.6) is 23.0 Å². The molecular formula is C43H45N3O7S. The summed E-state index contributed by atoms with van der Waals surface area (Å²) in [6.07, 6.45) is 1.49. The summed E-state index contributed by atoms with van der Waals surface area (Å²) in [7, 11) is 2.36. The molecule has 1 amide bonds. The Morgan fingerprint density at radius 3 is 1.56 bits per heavy atom. The van der Waals surface area contributed by atoms with Crippen LogP contribution in [-0.4, -0.2) is 72.2 Å². The van der Waals surface area contributed by atoms with E-state index in [9.17, 15) is 13.2 Å². The van der Waals surface area contributed by atoms with E-state index in [2.05, 4.69) is 33.9 Å². The van der Waals surface area contributed by atoms with Gasteiger partial charge in [0.2, 0.25) is 5.91 Å². The van der Waals surface area contributed by atoms with Gasteiger partial charge in [-0.3, -0.25) is 14.6 Å². The molecule has 5 aromatic carbocycles. The van der Waals surface area contributed by atoms with E-state index in [-0.39, 0.29) is 23.5 Å². The van der Waals surface area contributed by atoms with Crippen LogP contribution in [0.15, 0.2) is 114 Å². The molecule has 0 aliphatic carbocycles. The number of ether oxygens (including phenoxy) is 4. The molecule has 0 spiro atoms. The molecule has 2 atom stereocenters. The topological polar surface area (TPSA) is 107 Å². The zero-order chi connectivity index (χ0) is 37.8. The number of fused-ring (bicyclic) bond motifs is 2. The van der Waals surface area contributed by atoms with Crippen molar-refractivity contribution in [3.63, 3.8) is 0 Å². The van der Waals surface area contributed by atoms with Crippen LogP contribution < -0.4 is 23.7 Å². The second-order valence-electron chi connectivity index (χ2n) is 13.6. The van der Waals surface area contributed by atoms with Crippen LogP contribution in [-0.2, 0) is 34.2 Å². The Bertz CT molecular complexity index is 2210. The quantitative estimate of drug-likeness (QED) is 0.157. The van der Waals surface area contributed by atoms with Crippen LogP contribution >= 0.6 is 0 Å². The van der Waals surface area contributed by atoms with E-state index in [0.29, 0.717) is 42.5 Å². The zero-order valence-corrected chi connectivity index (χ0v) is 31.8. The SMILES string of the molecule is COc1cc2c(cc1OC)C(c1ccccc1)N(CC(=O)NS(=O)(=O)c1ccc(CN3CCc4cc(OC)c(OC)cc4C3c3ccccc3)cc1)CC2. The van der Waals surface area contributed by atoms with Gasteiger partial charge >= 0.3 is 0 Å². The van der Waals surface area contributed by atoms with Crippen LogP contribution in [0, 0.1) is 0 Å². The first kappa shape index (κ1) is 37.0. The first-order valence-corrected chi connectivity index (χ1v) is 19.4. The van der Waals surface area contributed by atoms with Gasteiger partial charge in [-0.15, -0.1) is 0 Å². The monoisotopic (exact) mass is 747 g/mol. The Kier molecular flexibility index (Phi) is 10.9. The second-order valence-corrected chi connectivity index (χ2v) is 15.2. The fourth-order valence-electron chi connectivity index (χ4n) is 7.82. The van der Waals surface area contributed by atoms with Gasteiger partial charge in [-0.25, -0.2) is 13.1 Å². The molecular weight excluding hydrogens is 703 g/mol. The Balaban J connectivity index is 1.08. The van der Waals surface area contributed by atoms with Crippen molar-refractivity contribution < 1.29 is 32.2 Å². The van der Waals surface area contributed by atoms with E-state index in [4.69, 9.17) is 18.9 Å². The summed E-state index contributed by atoms with van der Waals surface area (Å²) in [5.74, 6) is 2.02. The maximum absolute atomic E-state index is 13.6. The summed E-state index contributed by atoms with van der Waals surface area (Å²) < 4.78 is 51.9. The summed E-state index contributed by atoms with van der Waals surface area (Å²) in [6.45, 7) is 1.82. The van der Waals surface area contributed by atoms with Crippen molar-refractivity contribution in [2.24, 2.45) is 0 Å². The summed E-state index contributed by atoms with van der Waals surface area (Å²) in [4.78, 5) is 17.9. The number of carbonyl (C=O) groups excluding carboxylic acids is 1. The second kappa shape index (κ2) is 15.9. The number of hydrogen-bond acceptors (Lipinski definition) is 9. The highest BCUT2D eigenvalue weighted by Gasteiger charge is 2.33. The van der Waals surface area contributed by atoms with Gasteiger partial charge in [-0.05, 0) is 88.2 Å². The maximum Gasteiger partial charge on any atom is 0.264 e. The van der Waals surface area contributed by atoms with Crippen molar-refractivity contribution in [1.29, 1.82) is 0 Å². The largest absolute Gasteiger partial charge is 0.493 e. The highest BCUT2D eigenvalue weighted by molar-refractivity contribution is 7.90. The lowest BCUT2D eigenvalue weighted by atomic mass is 9.87. The van der Waals surface area contributed by atoms with Gasteiger partial charge in [-0.2, -0.15) is 0 Å². The van der Waals surface area contributed by atoms with E-state index in [1.54, 1.807) is 40.6 Å². The highest BCUT2D eigenvalue weighted by atomic mass is 32.2. The molecule has 0 fully saturated rings. The minimum absolute atomic E-state index is 0.0282. The smallest absolute Gasteiger partial charge is 0.264 e. The van der Waals surface area contributed by atoms with Gasteiger partial charge in [0, 0.05) is 19.6 Å². The third-order valence-corrected chi connectivity index (χ3v) is 11.8. The van der Waals surface area contributed by atoms with Crippen molar-refractivity contribution in [3.8, 4) is 23.0 Å². The van der Waals surface area contributed by atoms with Crippen LogP contribution in [0.2, 0.25) is 0 Å². The van der Waals surface area contributed by atoms with Gasteiger partial charge in [-0.1, -0.05) is 72.8 Å². The number of hydrogen-bond donors (Lipinski definition) is 1. The number of nitrogens with zero attached hydrogens (tertiary/aromatic N) is 2. The molecule has 280 valence electrons. The van der Waals surface area contributed by atoms with Crippen LogP contribution in [0.1, 0.15) is 51.0 Å². The third kappa shape index (κ3) is 7.52. The number of rotatable bonds is 12. The predicted molar refractivity (Wildman–Crippen MR) is 207 cm³/mol. The van der Waals surface area contributed by atoms with Crippen molar-refractivity contribution in [2.45, 2.75) is 36.4 Å². The lowest BCUT2D eigenvalue weighted by Gasteiger charge is -2.38. The minimum atomic E-state index is -4.13. The normalized spacial score (nSPS) is 17.2. The van der Waals surface area contributed by atoms with Crippen molar-refractivity contribution in [2.75, 3.05) is 48.1 Å². The highest BCUT2D eigenvalue weighted by Crippen LogP contribution is 2.43. The maximum atomic E-state index is 13.6. The van der Waals surface area contributed by atoms with Gasteiger partial charge in [0.05, 0.1) is 52.0 Å². The van der Waals surface area contributed by atoms with Crippen LogP contribution in [0.3, 0.4) is 0 Å². The molecule has 54 heavy (non-hydrogen) atoms. The fraction of sp³-hybridized carbons (Fsp3) is 0.279. The molecule has 2 unspecified atom stereocenters. The standard InChI is InChI=1S/C43H45N3O7S/c1-50-37-23-32-19-21-45(42(30-11-7-5-8-12-30)35(32)25-39(37)52-3)27-29-15-17-34(18-16-29)54(48,49)44-41(47)28-46-22-20-33-24-38(51-2)40(53-4)26-36(33)43(46)31-13-9-6-10-14-31/h5-18,23-26,42-43H,19-22,27-28H2,1-4H3,(H,44,47). The number of methoxy groups -OCH3 is 4. The van der Waals surface area contributed by atoms with Crippen LogP contribution in [0.25, 0.3) is 0 Å². The average molecular weight is 748 g/mol. The van der Waals surface area contributed by atoms with E-state index < -0.39 is 15.9 Å². The van der Waals surface area contributed by atoms with Gasteiger partial charge in [0.1, 0.15) is 0 Å². The molecule has 0 aromatic heterocycles. The molecule has 7 rings (SSSR count). The molecule has 2 aliphatic heterocycles. The Morgan fingerprint density at radius 1 is 0.630 bits per heavy atom. The average Bonchev–Trinajstić information content (AvgIpc) is 3.20. The molecule has 0 bridgehead atoms. The lowest BCUT2D eigenvalue weighted by molar-refractivity contribution is -0.121. The molecule has 1 N–H and O–H groups in total. The Labute approximate surface area is 317 Å². The number of benzene rings is 5. The molecule has 11 heteroatoms. The van der Waals surface area contributed by atoms with Crippen molar-refractivity contribution >= 4 is 15.9 Å². The number of amides is 1. The molecule has 0 saturated heterocycles. The van der Waals surface area contributed by atoms with Crippen molar-refractivity contribution in [3.05, 3.63) is 148 Å². The zero-order valence-electron chi connectivity index (χ0n) is 31.0. The Morgan fingerprint density at radius 2 is 1.07 bits per heavy atom. The molecule has 2 heterocycles. The molecule has 2 aliphatic rings. The van der Waals surface area contributed by atoms with E-state index in [1.165, 1.54) is 5.56 Å². The van der Waals surface area contributed by atoms with Gasteiger partial charge in [0.25, 0.3) is 10.0 Å². The van der Waals surface area contributed by atoms with Crippen molar-refractivity contribution in [1.82, 2.24) is 14.5 Å². The van der Waals surface area contributed by atoms with E-state index in [0.717, 1.165) is 46.3 Å². The molecule has 5 aromatic rings. The summed E-state index contributed by atoms with van der Waals surface area (Å²) in [5, 5.41) is 0. The van der Waals surface area contributed by atoms with Crippen LogP contribution in [0.4, 0.5) is 0 Å². The van der Waals surface area contributed by atoms with Gasteiger partial charge < -0.3 is 18.9 Å². The first-order valence-electron chi connectivity index (χ1n) is 17.9. The number of sulfonamides is 1. The van der Waals surface area contributed by atoms with E-state index >= 15 is 0 Å². The minimum Gasteiger partial charge on any atom is -0.493 e.